The Bertz CT molecular complexity index is 626. The molecule has 0 atom stereocenters. The number of hydrogen-bond acceptors (Lipinski definition) is 2. The van der Waals surface area contributed by atoms with Crippen LogP contribution >= 0.6 is 11.6 Å². The molecule has 3 heteroatoms. The molecule has 0 fully saturated rings. The van der Waals surface area contributed by atoms with E-state index in [1.807, 2.05) is 48.5 Å². The first kappa shape index (κ1) is 14.6. The fourth-order valence-corrected chi connectivity index (χ4v) is 1.98. The molecule has 0 aliphatic heterocycles. The summed E-state index contributed by atoms with van der Waals surface area (Å²) in [6, 6.07) is 15.4. The summed E-state index contributed by atoms with van der Waals surface area (Å²) < 4.78 is 5.69. The molecular weight excluding hydrogens is 272 g/mol. The normalized spacial score (nSPS) is 9.90. The zero-order valence-corrected chi connectivity index (χ0v) is 11.7. The third-order valence-electron chi connectivity index (χ3n) is 2.79. The molecule has 0 heterocycles. The van der Waals surface area contributed by atoms with Crippen molar-refractivity contribution in [3.63, 3.8) is 0 Å². The quantitative estimate of drug-likeness (QED) is 0.873. The lowest BCUT2D eigenvalue weighted by Gasteiger charge is -2.07. The molecule has 1 N–H and O–H groups in total. The molecular formula is C17H15ClO2. The van der Waals surface area contributed by atoms with Gasteiger partial charge in [0.05, 0.1) is 13.2 Å². The van der Waals surface area contributed by atoms with Gasteiger partial charge < -0.3 is 9.84 Å². The Hall–Kier alpha value is -1.79. The average Bonchev–Trinajstić information content (AvgIpc) is 2.48. The Labute approximate surface area is 124 Å². The van der Waals surface area contributed by atoms with Gasteiger partial charge in [0.15, 0.2) is 0 Å². The van der Waals surface area contributed by atoms with Gasteiger partial charge in [-0.1, -0.05) is 59.8 Å². The molecule has 0 spiro atoms. The van der Waals surface area contributed by atoms with E-state index in [1.165, 1.54) is 0 Å². The molecule has 2 nitrogen and oxygen atoms in total. The van der Waals surface area contributed by atoms with E-state index in [0.717, 1.165) is 16.7 Å². The summed E-state index contributed by atoms with van der Waals surface area (Å²) in [7, 11) is 0. The van der Waals surface area contributed by atoms with Crippen LogP contribution in [-0.4, -0.2) is 11.7 Å². The number of benzene rings is 2. The summed E-state index contributed by atoms with van der Waals surface area (Å²) in [5.74, 6) is 5.57. The van der Waals surface area contributed by atoms with E-state index in [2.05, 4.69) is 11.8 Å². The second kappa shape index (κ2) is 7.72. The molecule has 20 heavy (non-hydrogen) atoms. The summed E-state index contributed by atoms with van der Waals surface area (Å²) >= 11 is 6.08. The highest BCUT2D eigenvalue weighted by Crippen LogP contribution is 2.17. The summed E-state index contributed by atoms with van der Waals surface area (Å²) in [6.45, 7) is 0.776. The fraction of sp³-hybridized carbons (Fsp3) is 0.176. The highest BCUT2D eigenvalue weighted by molar-refractivity contribution is 6.31. The van der Waals surface area contributed by atoms with Crippen LogP contribution in [-0.2, 0) is 18.0 Å². The van der Waals surface area contributed by atoms with Crippen molar-refractivity contribution in [2.45, 2.75) is 13.2 Å². The minimum atomic E-state index is -0.144. The van der Waals surface area contributed by atoms with E-state index >= 15 is 0 Å². The highest BCUT2D eigenvalue weighted by Gasteiger charge is 2.02. The van der Waals surface area contributed by atoms with Gasteiger partial charge in [-0.25, -0.2) is 0 Å². The van der Waals surface area contributed by atoms with Gasteiger partial charge in [-0.3, -0.25) is 0 Å². The topological polar surface area (TPSA) is 29.5 Å². The molecule has 0 saturated heterocycles. The molecule has 102 valence electrons. The summed E-state index contributed by atoms with van der Waals surface area (Å²) in [6.07, 6.45) is 0. The zero-order chi connectivity index (χ0) is 14.2. The molecule has 0 aromatic heterocycles. The molecule has 0 radical (unpaired) electrons. The van der Waals surface area contributed by atoms with Crippen molar-refractivity contribution >= 4 is 11.6 Å². The maximum Gasteiger partial charge on any atom is 0.104 e. The predicted octanol–water partition coefficient (Wildman–Crippen LogP) is 3.40. The van der Waals surface area contributed by atoms with E-state index in [4.69, 9.17) is 21.4 Å². The number of aliphatic hydroxyl groups excluding tert-OH is 1. The van der Waals surface area contributed by atoms with Gasteiger partial charge in [0.2, 0.25) is 0 Å². The lowest BCUT2D eigenvalue weighted by Crippen LogP contribution is -1.97. The van der Waals surface area contributed by atoms with Crippen molar-refractivity contribution in [3.8, 4) is 11.8 Å². The molecule has 2 aromatic carbocycles. The van der Waals surface area contributed by atoms with Gasteiger partial charge in [-0.05, 0) is 23.3 Å². The summed E-state index contributed by atoms with van der Waals surface area (Å²) in [5, 5.41) is 9.46. The van der Waals surface area contributed by atoms with Gasteiger partial charge in [-0.2, -0.15) is 0 Å². The largest absolute Gasteiger partial charge is 0.384 e. The molecule has 0 unspecified atom stereocenters. The zero-order valence-electron chi connectivity index (χ0n) is 11.0. The lowest BCUT2D eigenvalue weighted by molar-refractivity contribution is 0.107. The molecule has 0 aliphatic rings. The number of aliphatic hydroxyl groups is 1. The molecule has 0 aliphatic carbocycles. The van der Waals surface area contributed by atoms with Crippen molar-refractivity contribution < 1.29 is 9.84 Å². The van der Waals surface area contributed by atoms with Crippen molar-refractivity contribution in [2.75, 3.05) is 6.61 Å². The van der Waals surface area contributed by atoms with Crippen LogP contribution in [0.3, 0.4) is 0 Å². The maximum atomic E-state index is 8.75. The lowest BCUT2D eigenvalue weighted by atomic mass is 10.1. The number of rotatable bonds is 4. The maximum absolute atomic E-state index is 8.75. The van der Waals surface area contributed by atoms with Gasteiger partial charge in [0, 0.05) is 10.6 Å². The van der Waals surface area contributed by atoms with Crippen LogP contribution in [0.1, 0.15) is 16.7 Å². The molecule has 2 aromatic rings. The monoisotopic (exact) mass is 286 g/mol. The van der Waals surface area contributed by atoms with E-state index in [0.29, 0.717) is 18.2 Å². The first-order valence-corrected chi connectivity index (χ1v) is 6.68. The minimum Gasteiger partial charge on any atom is -0.384 e. The minimum absolute atomic E-state index is 0.144. The smallest absolute Gasteiger partial charge is 0.104 e. The number of halogens is 1. The first-order valence-electron chi connectivity index (χ1n) is 6.30. The highest BCUT2D eigenvalue weighted by atomic mass is 35.5. The van der Waals surface area contributed by atoms with Crippen LogP contribution < -0.4 is 0 Å². The average molecular weight is 287 g/mol. The fourth-order valence-electron chi connectivity index (χ4n) is 1.79. The Morgan fingerprint density at radius 1 is 0.950 bits per heavy atom. The van der Waals surface area contributed by atoms with Gasteiger partial charge in [0.25, 0.3) is 0 Å². The van der Waals surface area contributed by atoms with E-state index in [9.17, 15) is 0 Å². The van der Waals surface area contributed by atoms with Crippen molar-refractivity contribution in [1.29, 1.82) is 0 Å². The molecule has 2 rings (SSSR count). The second-order valence-corrected chi connectivity index (χ2v) is 4.61. The number of ether oxygens (including phenoxy) is 1. The summed E-state index contributed by atoms with van der Waals surface area (Å²) in [4.78, 5) is 0. The van der Waals surface area contributed by atoms with Crippen LogP contribution in [0.2, 0.25) is 5.02 Å². The Balaban J connectivity index is 1.99. The molecule has 0 amide bonds. The molecule has 0 saturated carbocycles. The van der Waals surface area contributed by atoms with Crippen LogP contribution in [0.25, 0.3) is 0 Å². The van der Waals surface area contributed by atoms with E-state index in [-0.39, 0.29) is 6.61 Å². The van der Waals surface area contributed by atoms with Crippen LogP contribution in [0.5, 0.6) is 0 Å². The third-order valence-corrected chi connectivity index (χ3v) is 3.16. The Kier molecular flexibility index (Phi) is 5.64. The van der Waals surface area contributed by atoms with Crippen molar-refractivity contribution in [2.24, 2.45) is 0 Å². The van der Waals surface area contributed by atoms with E-state index < -0.39 is 0 Å². The standard InChI is InChI=1S/C17H15ClO2/c18-17-10-4-3-8-16(17)13-20-12-15-7-2-1-6-14(15)9-5-11-19/h1-4,6-8,10,19H,11-13H2. The van der Waals surface area contributed by atoms with Crippen LogP contribution in [0, 0.1) is 11.8 Å². The number of hydrogen-bond donors (Lipinski definition) is 1. The Morgan fingerprint density at radius 3 is 2.35 bits per heavy atom. The first-order chi connectivity index (χ1) is 9.81. The van der Waals surface area contributed by atoms with Gasteiger partial charge in [-0.15, -0.1) is 0 Å². The SMILES string of the molecule is OCC#Cc1ccccc1COCc1ccccc1Cl. The summed E-state index contributed by atoms with van der Waals surface area (Å²) in [5.41, 5.74) is 2.84. The Morgan fingerprint density at radius 2 is 1.60 bits per heavy atom. The van der Waals surface area contributed by atoms with Crippen molar-refractivity contribution in [1.82, 2.24) is 0 Å². The van der Waals surface area contributed by atoms with Crippen LogP contribution in [0.15, 0.2) is 48.5 Å². The van der Waals surface area contributed by atoms with Gasteiger partial charge in [0.1, 0.15) is 6.61 Å². The van der Waals surface area contributed by atoms with E-state index in [1.54, 1.807) is 0 Å². The third kappa shape index (κ3) is 4.11. The van der Waals surface area contributed by atoms with Gasteiger partial charge >= 0.3 is 0 Å². The molecule has 0 bridgehead atoms. The predicted molar refractivity (Wildman–Crippen MR) is 80.4 cm³/mol. The van der Waals surface area contributed by atoms with Crippen LogP contribution in [0.4, 0.5) is 0 Å². The second-order valence-electron chi connectivity index (χ2n) is 4.20. The van der Waals surface area contributed by atoms with Crippen molar-refractivity contribution in [3.05, 3.63) is 70.2 Å².